The Hall–Kier alpha value is -1.20. The van der Waals surface area contributed by atoms with Crippen molar-refractivity contribution in [1.82, 2.24) is 14.9 Å². The van der Waals surface area contributed by atoms with Crippen molar-refractivity contribution in [3.63, 3.8) is 0 Å². The Labute approximate surface area is 102 Å². The van der Waals surface area contributed by atoms with E-state index in [0.29, 0.717) is 6.10 Å². The molecule has 1 aliphatic rings. The van der Waals surface area contributed by atoms with Gasteiger partial charge in [0.2, 0.25) is 0 Å². The summed E-state index contributed by atoms with van der Waals surface area (Å²) in [6.07, 6.45) is 1.46. The molecule has 2 rings (SSSR count). The van der Waals surface area contributed by atoms with E-state index in [1.807, 2.05) is 20.0 Å². The van der Waals surface area contributed by atoms with Gasteiger partial charge in [0.25, 0.3) is 0 Å². The van der Waals surface area contributed by atoms with E-state index in [1.165, 1.54) is 0 Å². The third-order valence-corrected chi connectivity index (χ3v) is 3.08. The molecule has 0 aromatic carbocycles. The zero-order valence-corrected chi connectivity index (χ0v) is 10.7. The lowest BCUT2D eigenvalue weighted by atomic mass is 10.3. The molecule has 1 atom stereocenters. The van der Waals surface area contributed by atoms with E-state index in [1.54, 1.807) is 7.11 Å². The number of hydrogen-bond acceptors (Lipinski definition) is 5. The zero-order chi connectivity index (χ0) is 12.3. The molecule has 0 radical (unpaired) electrons. The Kier molecular flexibility index (Phi) is 3.91. The first kappa shape index (κ1) is 12.3. The second-order valence-corrected chi connectivity index (χ2v) is 4.44. The zero-order valence-electron chi connectivity index (χ0n) is 10.7. The van der Waals surface area contributed by atoms with Crippen LogP contribution in [0.15, 0.2) is 6.07 Å². The van der Waals surface area contributed by atoms with Gasteiger partial charge >= 0.3 is 0 Å². The maximum atomic E-state index is 5.35. The molecule has 94 valence electrons. The Bertz CT molecular complexity index is 383. The summed E-state index contributed by atoms with van der Waals surface area (Å²) in [6, 6.07) is 1.95. The van der Waals surface area contributed by atoms with E-state index < -0.39 is 0 Å². The molecule has 1 aromatic heterocycles. The van der Waals surface area contributed by atoms with Crippen LogP contribution < -0.4 is 5.32 Å². The van der Waals surface area contributed by atoms with Crippen molar-refractivity contribution in [2.75, 3.05) is 32.6 Å². The van der Waals surface area contributed by atoms with Gasteiger partial charge in [0.1, 0.15) is 11.6 Å². The summed E-state index contributed by atoms with van der Waals surface area (Å²) < 4.78 is 5.35. The lowest BCUT2D eigenvalue weighted by molar-refractivity contribution is 0.107. The van der Waals surface area contributed by atoms with E-state index in [4.69, 9.17) is 4.74 Å². The topological polar surface area (TPSA) is 50.3 Å². The number of aromatic nitrogens is 2. The number of methoxy groups -OCH3 is 1. The summed E-state index contributed by atoms with van der Waals surface area (Å²) in [5.41, 5.74) is 1.00. The summed E-state index contributed by atoms with van der Waals surface area (Å²) in [5.74, 6) is 1.76. The Morgan fingerprint density at radius 1 is 1.53 bits per heavy atom. The van der Waals surface area contributed by atoms with Crippen LogP contribution in [0.5, 0.6) is 0 Å². The van der Waals surface area contributed by atoms with Crippen LogP contribution in [-0.2, 0) is 11.3 Å². The predicted octanol–water partition coefficient (Wildman–Crippen LogP) is 1.05. The van der Waals surface area contributed by atoms with Crippen LogP contribution in [-0.4, -0.2) is 48.2 Å². The number of aryl methyl sites for hydroxylation is 1. The van der Waals surface area contributed by atoms with Crippen molar-refractivity contribution in [3.05, 3.63) is 17.6 Å². The minimum absolute atomic E-state index is 0.364. The SMILES string of the molecule is CNc1cc(C)nc(CN2CCC(OC)C2)n1. The predicted molar refractivity (Wildman–Crippen MR) is 67.0 cm³/mol. The number of nitrogens with one attached hydrogen (secondary N) is 1. The van der Waals surface area contributed by atoms with Gasteiger partial charge in [-0.3, -0.25) is 4.90 Å². The molecule has 0 saturated carbocycles. The fourth-order valence-corrected chi connectivity index (χ4v) is 2.16. The molecule has 1 aliphatic heterocycles. The van der Waals surface area contributed by atoms with Crippen molar-refractivity contribution in [2.45, 2.75) is 26.0 Å². The van der Waals surface area contributed by atoms with E-state index in [2.05, 4.69) is 20.2 Å². The van der Waals surface area contributed by atoms with Crippen LogP contribution >= 0.6 is 0 Å². The third-order valence-electron chi connectivity index (χ3n) is 3.08. The molecule has 1 fully saturated rings. The van der Waals surface area contributed by atoms with Crippen molar-refractivity contribution < 1.29 is 4.74 Å². The number of ether oxygens (including phenoxy) is 1. The van der Waals surface area contributed by atoms with Gasteiger partial charge in [0.05, 0.1) is 12.6 Å². The fraction of sp³-hybridized carbons (Fsp3) is 0.667. The molecule has 2 heterocycles. The van der Waals surface area contributed by atoms with E-state index >= 15 is 0 Å². The van der Waals surface area contributed by atoms with Gasteiger partial charge < -0.3 is 10.1 Å². The molecular weight excluding hydrogens is 216 g/mol. The number of hydrogen-bond donors (Lipinski definition) is 1. The van der Waals surface area contributed by atoms with Gasteiger partial charge in [-0.1, -0.05) is 0 Å². The molecule has 0 spiro atoms. The van der Waals surface area contributed by atoms with Crippen molar-refractivity contribution in [2.24, 2.45) is 0 Å². The number of likely N-dealkylation sites (tertiary alicyclic amines) is 1. The summed E-state index contributed by atoms with van der Waals surface area (Å²) in [7, 11) is 3.65. The highest BCUT2D eigenvalue weighted by Gasteiger charge is 2.22. The fourth-order valence-electron chi connectivity index (χ4n) is 2.16. The molecule has 0 bridgehead atoms. The van der Waals surface area contributed by atoms with Gasteiger partial charge in [-0.15, -0.1) is 0 Å². The molecule has 1 aromatic rings. The smallest absolute Gasteiger partial charge is 0.144 e. The normalized spacial score (nSPS) is 20.8. The summed E-state index contributed by atoms with van der Waals surface area (Å²) in [6.45, 7) is 4.83. The number of rotatable bonds is 4. The highest BCUT2D eigenvalue weighted by molar-refractivity contribution is 5.34. The highest BCUT2D eigenvalue weighted by Crippen LogP contribution is 2.15. The van der Waals surface area contributed by atoms with Crippen molar-refractivity contribution >= 4 is 5.82 Å². The Balaban J connectivity index is 2.01. The average molecular weight is 236 g/mol. The monoisotopic (exact) mass is 236 g/mol. The van der Waals surface area contributed by atoms with Crippen LogP contribution in [0, 0.1) is 6.92 Å². The second kappa shape index (κ2) is 5.42. The van der Waals surface area contributed by atoms with Crippen LogP contribution in [0.3, 0.4) is 0 Å². The Morgan fingerprint density at radius 2 is 2.35 bits per heavy atom. The van der Waals surface area contributed by atoms with Gasteiger partial charge in [-0.2, -0.15) is 0 Å². The first-order chi connectivity index (χ1) is 8.21. The Morgan fingerprint density at radius 3 is 3.00 bits per heavy atom. The molecule has 5 heteroatoms. The van der Waals surface area contributed by atoms with Gasteiger partial charge in [0, 0.05) is 39.0 Å². The maximum absolute atomic E-state index is 5.35. The minimum atomic E-state index is 0.364. The molecule has 1 N–H and O–H groups in total. The standard InChI is InChI=1S/C12H20N4O/c1-9-6-11(13-2)15-12(14-9)8-16-5-4-10(7-16)17-3/h6,10H,4-5,7-8H2,1-3H3,(H,13,14,15). The average Bonchev–Trinajstić information content (AvgIpc) is 2.76. The number of anilines is 1. The summed E-state index contributed by atoms with van der Waals surface area (Å²) in [5, 5.41) is 3.06. The molecule has 0 aliphatic carbocycles. The molecule has 5 nitrogen and oxygen atoms in total. The van der Waals surface area contributed by atoms with Crippen molar-refractivity contribution in [1.29, 1.82) is 0 Å². The number of nitrogens with zero attached hydrogens (tertiary/aromatic N) is 3. The van der Waals surface area contributed by atoms with E-state index in [-0.39, 0.29) is 0 Å². The lowest BCUT2D eigenvalue weighted by Crippen LogP contribution is -2.23. The first-order valence-corrected chi connectivity index (χ1v) is 5.98. The molecular formula is C12H20N4O. The first-order valence-electron chi connectivity index (χ1n) is 5.98. The van der Waals surface area contributed by atoms with E-state index in [0.717, 1.165) is 43.4 Å². The second-order valence-electron chi connectivity index (χ2n) is 4.44. The molecule has 0 amide bonds. The summed E-state index contributed by atoms with van der Waals surface area (Å²) in [4.78, 5) is 11.3. The quantitative estimate of drug-likeness (QED) is 0.846. The third kappa shape index (κ3) is 3.14. The van der Waals surface area contributed by atoms with Crippen LogP contribution in [0.2, 0.25) is 0 Å². The summed E-state index contributed by atoms with van der Waals surface area (Å²) >= 11 is 0. The van der Waals surface area contributed by atoms with Crippen molar-refractivity contribution in [3.8, 4) is 0 Å². The minimum Gasteiger partial charge on any atom is -0.380 e. The van der Waals surface area contributed by atoms with Crippen LogP contribution in [0.4, 0.5) is 5.82 Å². The lowest BCUT2D eigenvalue weighted by Gasteiger charge is -2.15. The van der Waals surface area contributed by atoms with Crippen LogP contribution in [0.1, 0.15) is 17.9 Å². The van der Waals surface area contributed by atoms with Crippen LogP contribution in [0.25, 0.3) is 0 Å². The highest BCUT2D eigenvalue weighted by atomic mass is 16.5. The van der Waals surface area contributed by atoms with E-state index in [9.17, 15) is 0 Å². The molecule has 1 saturated heterocycles. The van der Waals surface area contributed by atoms with Gasteiger partial charge in [-0.25, -0.2) is 9.97 Å². The molecule has 17 heavy (non-hydrogen) atoms. The van der Waals surface area contributed by atoms with Gasteiger partial charge in [0.15, 0.2) is 0 Å². The maximum Gasteiger partial charge on any atom is 0.144 e. The largest absolute Gasteiger partial charge is 0.380 e. The van der Waals surface area contributed by atoms with Gasteiger partial charge in [-0.05, 0) is 13.3 Å². The molecule has 1 unspecified atom stereocenters.